The van der Waals surface area contributed by atoms with E-state index in [9.17, 15) is 0 Å². The summed E-state index contributed by atoms with van der Waals surface area (Å²) in [6.45, 7) is 28.3. The molecule has 0 atom stereocenters. The van der Waals surface area contributed by atoms with Gasteiger partial charge in [-0.3, -0.25) is 4.57 Å². The number of rotatable bonds is 7. The maximum atomic E-state index is 6.84. The van der Waals surface area contributed by atoms with E-state index in [1.54, 1.807) is 0 Å². The predicted octanol–water partition coefficient (Wildman–Crippen LogP) is 13.3. The molecule has 0 unspecified atom stereocenters. The molecule has 5 heterocycles. The van der Waals surface area contributed by atoms with Crippen LogP contribution in [0.3, 0.4) is 0 Å². The molecule has 0 bridgehead atoms. The number of ether oxygens (including phenoxy) is 1. The summed E-state index contributed by atoms with van der Waals surface area (Å²) in [5.74, 6) is 3.31. The second-order valence-corrected chi connectivity index (χ2v) is 25.4. The van der Waals surface area contributed by atoms with Crippen molar-refractivity contribution in [2.75, 3.05) is 0 Å². The number of hydrogen-bond acceptors (Lipinski definition) is 2. The van der Waals surface area contributed by atoms with Crippen molar-refractivity contribution in [2.24, 2.45) is 0 Å². The standard InChI is InChI=1S/C59H58N4OSi.Pt/c1-35(2)39-29-44(36(3)4)55(45(30-39)37(5)6)38-27-28-60-54(31-38)63-48-19-15-13-17-42(48)43-23-21-40(32-50(43)63)64-41-22-25-52-51(33-41)62-34-61-49-20-16-14-18-46(49)58(7,8)59(9,10)47-24-26-53(65(52,11)12)57(62)56(47)61;/h13-31,35-37H,1-12H3;/q-2;. The average Bonchev–Trinajstić information content (AvgIpc) is 3.83. The van der Waals surface area contributed by atoms with Gasteiger partial charge in [-0.05, 0) is 103 Å². The third-order valence-electron chi connectivity index (χ3n) is 15.5. The Balaban J connectivity index is 0.00000511. The number of hydrogen-bond donors (Lipinski definition) is 0. The Morgan fingerprint density at radius 1 is 0.667 bits per heavy atom. The van der Waals surface area contributed by atoms with Crippen LogP contribution in [0.25, 0.3) is 61.2 Å². The molecular formula is C59H58N4OPtSi-2. The average molecular weight is 1060 g/mol. The summed E-state index contributed by atoms with van der Waals surface area (Å²) in [6.07, 6.45) is 5.85. The zero-order valence-electron chi connectivity index (χ0n) is 40.2. The van der Waals surface area contributed by atoms with Crippen LogP contribution in [0, 0.1) is 18.5 Å². The zero-order chi connectivity index (χ0) is 45.5. The fourth-order valence-electron chi connectivity index (χ4n) is 11.1. The Labute approximate surface area is 405 Å². The number of fused-ring (bicyclic) bond motifs is 7. The summed E-state index contributed by atoms with van der Waals surface area (Å²) < 4.78 is 13.7. The quantitative estimate of drug-likeness (QED) is 0.0906. The van der Waals surface area contributed by atoms with E-state index in [-0.39, 0.29) is 31.9 Å². The molecule has 7 heteroatoms. The molecule has 336 valence electrons. The number of para-hydroxylation sites is 2. The molecule has 3 aromatic heterocycles. The van der Waals surface area contributed by atoms with E-state index >= 15 is 0 Å². The normalized spacial score (nSPS) is 15.3. The first-order valence-corrected chi connectivity index (χ1v) is 26.5. The van der Waals surface area contributed by atoms with Gasteiger partial charge in [0.2, 0.25) is 0 Å². The molecule has 0 aliphatic carbocycles. The fourth-order valence-corrected chi connectivity index (χ4v) is 14.0. The number of aromatic nitrogens is 4. The van der Waals surface area contributed by atoms with Crippen molar-refractivity contribution in [1.29, 1.82) is 0 Å². The largest absolute Gasteiger partial charge is 0.510 e. The summed E-state index contributed by atoms with van der Waals surface area (Å²) in [5, 5.41) is 4.99. The number of nitrogens with zero attached hydrogens (tertiary/aromatic N) is 4. The molecule has 11 rings (SSSR count). The van der Waals surface area contributed by atoms with E-state index in [0.29, 0.717) is 29.3 Å². The smallest absolute Gasteiger partial charge is 0.268 e. The summed E-state index contributed by atoms with van der Waals surface area (Å²) in [4.78, 5) is 5.06. The number of imidazole rings is 1. The van der Waals surface area contributed by atoms with Crippen LogP contribution in [-0.4, -0.2) is 22.2 Å². The molecule has 0 fully saturated rings. The van der Waals surface area contributed by atoms with Crippen LogP contribution in [-0.2, 0) is 31.9 Å². The van der Waals surface area contributed by atoms with Crippen LogP contribution in [0.4, 0.5) is 0 Å². The molecule has 0 N–H and O–H groups in total. The van der Waals surface area contributed by atoms with Gasteiger partial charge >= 0.3 is 0 Å². The summed E-state index contributed by atoms with van der Waals surface area (Å²) in [6, 6.07) is 47.7. The van der Waals surface area contributed by atoms with E-state index < -0.39 is 8.07 Å². The van der Waals surface area contributed by atoms with E-state index in [1.165, 1.54) is 66.0 Å². The van der Waals surface area contributed by atoms with Crippen molar-refractivity contribution >= 4 is 51.3 Å². The topological polar surface area (TPSA) is 35.9 Å². The molecule has 6 aromatic carbocycles. The van der Waals surface area contributed by atoms with E-state index in [1.807, 2.05) is 12.3 Å². The minimum atomic E-state index is -2.18. The molecule has 5 nitrogen and oxygen atoms in total. The van der Waals surface area contributed by atoms with Gasteiger partial charge in [-0.2, -0.15) is 12.1 Å². The van der Waals surface area contributed by atoms with Crippen molar-refractivity contribution in [3.05, 3.63) is 162 Å². The first kappa shape index (κ1) is 44.3. The molecular weight excluding hydrogens is 1000 g/mol. The Kier molecular flexibility index (Phi) is 10.4. The minimum absolute atomic E-state index is 0. The van der Waals surface area contributed by atoms with Gasteiger partial charge < -0.3 is 13.9 Å². The Morgan fingerprint density at radius 3 is 2.05 bits per heavy atom. The van der Waals surface area contributed by atoms with Gasteiger partial charge in [0.1, 0.15) is 5.82 Å². The van der Waals surface area contributed by atoms with Crippen molar-refractivity contribution in [2.45, 2.75) is 111 Å². The second kappa shape index (κ2) is 15.5. The van der Waals surface area contributed by atoms with Gasteiger partial charge in [0.15, 0.2) is 0 Å². The molecule has 66 heavy (non-hydrogen) atoms. The molecule has 0 saturated carbocycles. The van der Waals surface area contributed by atoms with Crippen LogP contribution in [0.5, 0.6) is 11.5 Å². The van der Waals surface area contributed by atoms with Gasteiger partial charge in [-0.25, -0.2) is 4.98 Å². The van der Waals surface area contributed by atoms with Gasteiger partial charge in [0.05, 0.1) is 16.7 Å². The SMILES string of the molecule is CC(C)c1cc(C(C)C)c(-c2ccnc(-n3c4[c-]c(Oc5[c-]c6c(cc5)[Si](C)(C)c5ccc7c8c5n-6[c-][n+]8-c5ccccc5C(C)(C)C7(C)C)ccc4c4ccccc43)c2)c(C(C)C)c1.[Pt]. The van der Waals surface area contributed by atoms with Crippen LogP contribution in [0.2, 0.25) is 13.1 Å². The summed E-state index contributed by atoms with van der Waals surface area (Å²) in [5.41, 5.74) is 15.7. The van der Waals surface area contributed by atoms with Crippen molar-refractivity contribution < 1.29 is 30.4 Å². The van der Waals surface area contributed by atoms with Crippen molar-refractivity contribution in [1.82, 2.24) is 14.1 Å². The summed E-state index contributed by atoms with van der Waals surface area (Å²) in [7, 11) is -2.18. The zero-order valence-corrected chi connectivity index (χ0v) is 43.5. The monoisotopic (exact) mass is 1060 g/mol. The number of benzene rings is 6. The van der Waals surface area contributed by atoms with E-state index in [0.717, 1.165) is 33.3 Å². The Bertz CT molecular complexity index is 3410. The van der Waals surface area contributed by atoms with Crippen LogP contribution in [0.15, 0.2) is 115 Å². The van der Waals surface area contributed by atoms with E-state index in [4.69, 9.17) is 9.72 Å². The first-order chi connectivity index (χ1) is 31.0. The predicted molar refractivity (Wildman–Crippen MR) is 270 cm³/mol. The molecule has 0 radical (unpaired) electrons. The molecule has 0 spiro atoms. The van der Waals surface area contributed by atoms with Gasteiger partial charge in [-0.15, -0.1) is 34.8 Å². The van der Waals surface area contributed by atoms with Crippen LogP contribution >= 0.6 is 0 Å². The van der Waals surface area contributed by atoms with Crippen LogP contribution < -0.4 is 19.7 Å². The van der Waals surface area contributed by atoms with E-state index in [2.05, 4.69) is 218 Å². The maximum absolute atomic E-state index is 6.84. The third kappa shape index (κ3) is 6.34. The maximum Gasteiger partial charge on any atom is 0.268 e. The van der Waals surface area contributed by atoms with Gasteiger partial charge in [0, 0.05) is 52.4 Å². The molecule has 2 aliphatic heterocycles. The molecule has 9 aromatic rings. The minimum Gasteiger partial charge on any atom is -0.510 e. The van der Waals surface area contributed by atoms with Crippen molar-refractivity contribution in [3.8, 4) is 39.8 Å². The first-order valence-electron chi connectivity index (χ1n) is 23.5. The molecule has 2 aliphatic rings. The van der Waals surface area contributed by atoms with Crippen molar-refractivity contribution in [3.63, 3.8) is 0 Å². The second-order valence-electron chi connectivity index (χ2n) is 21.1. The molecule has 0 saturated heterocycles. The Morgan fingerprint density at radius 2 is 1.32 bits per heavy atom. The fraction of sp³-hybridized carbons (Fsp3) is 0.288. The summed E-state index contributed by atoms with van der Waals surface area (Å²) >= 11 is 0. The van der Waals surface area contributed by atoms with Gasteiger partial charge in [0.25, 0.3) is 6.33 Å². The molecule has 0 amide bonds. The van der Waals surface area contributed by atoms with Crippen LogP contribution in [0.1, 0.15) is 115 Å². The third-order valence-corrected chi connectivity index (χ3v) is 19.0. The number of pyridine rings is 1. The van der Waals surface area contributed by atoms with Gasteiger partial charge in [-0.1, -0.05) is 154 Å². The Hall–Kier alpha value is -5.55.